The predicted octanol–water partition coefficient (Wildman–Crippen LogP) is 10.3. The van der Waals surface area contributed by atoms with E-state index in [1.807, 2.05) is 48.5 Å². The fraction of sp³-hybridized carbons (Fsp3) is 0.370. The minimum Gasteiger partial charge on any atom is -0.494 e. The maximum atomic E-state index is 12.6. The molecule has 0 bridgehead atoms. The van der Waals surface area contributed by atoms with Crippen LogP contribution in [-0.2, 0) is 38.1 Å². The first-order valence-corrected chi connectivity index (χ1v) is 20.6. The molecule has 4 rings (SSSR count). The van der Waals surface area contributed by atoms with Gasteiger partial charge in [0, 0.05) is 10.5 Å². The van der Waals surface area contributed by atoms with E-state index in [2.05, 4.69) is 17.9 Å². The summed E-state index contributed by atoms with van der Waals surface area (Å²) >= 11 is 1.11. The monoisotopic (exact) mass is 830 g/mol. The number of hydrogen-bond acceptors (Lipinski definition) is 12. The number of rotatable bonds is 23. The Hall–Kier alpha value is -5.69. The van der Waals surface area contributed by atoms with Crippen molar-refractivity contribution >= 4 is 47.0 Å². The molecule has 0 unspecified atom stereocenters. The van der Waals surface area contributed by atoms with Crippen molar-refractivity contribution in [2.75, 3.05) is 26.4 Å². The molecule has 3 aromatic carbocycles. The van der Waals surface area contributed by atoms with Gasteiger partial charge in [0.15, 0.2) is 0 Å². The molecule has 1 aliphatic carbocycles. The number of benzene rings is 3. The Morgan fingerprint density at radius 2 is 1.22 bits per heavy atom. The Morgan fingerprint density at radius 1 is 0.661 bits per heavy atom. The predicted molar refractivity (Wildman–Crippen MR) is 222 cm³/mol. The highest BCUT2D eigenvalue weighted by Crippen LogP contribution is 2.27. The second-order valence-electron chi connectivity index (χ2n) is 13.7. The van der Waals surface area contributed by atoms with Crippen LogP contribution in [-0.4, -0.2) is 61.7 Å². The summed E-state index contributed by atoms with van der Waals surface area (Å²) < 4.78 is 43.9. The van der Waals surface area contributed by atoms with Crippen LogP contribution in [0.4, 0.5) is 9.18 Å². The third kappa shape index (κ3) is 18.2. The van der Waals surface area contributed by atoms with E-state index in [-0.39, 0.29) is 43.0 Å². The van der Waals surface area contributed by atoms with E-state index in [9.17, 15) is 28.4 Å². The van der Waals surface area contributed by atoms with Gasteiger partial charge in [-0.25, -0.2) is 14.4 Å². The van der Waals surface area contributed by atoms with Crippen molar-refractivity contribution in [3.8, 4) is 22.6 Å². The maximum absolute atomic E-state index is 12.6. The van der Waals surface area contributed by atoms with E-state index < -0.39 is 29.9 Å². The van der Waals surface area contributed by atoms with E-state index >= 15 is 0 Å². The molecule has 0 spiro atoms. The highest BCUT2D eigenvalue weighted by Gasteiger charge is 2.20. The number of unbranched alkanes of at least 4 members (excludes halogenated alkanes) is 4. The summed E-state index contributed by atoms with van der Waals surface area (Å²) in [5.41, 5.74) is 2.78. The molecule has 0 saturated heterocycles. The van der Waals surface area contributed by atoms with Crippen molar-refractivity contribution in [3.05, 3.63) is 109 Å². The Balaban J connectivity index is 1.04. The molecule has 0 aliphatic heterocycles. The molecular weight excluding hydrogens is 780 g/mol. The Bertz CT molecular complexity index is 1880. The van der Waals surface area contributed by atoms with Gasteiger partial charge in [-0.05, 0) is 135 Å². The van der Waals surface area contributed by atoms with Crippen molar-refractivity contribution in [2.45, 2.75) is 88.0 Å². The average Bonchev–Trinajstić information content (AvgIpc) is 3.23. The van der Waals surface area contributed by atoms with Crippen LogP contribution >= 0.6 is 11.8 Å². The molecular formula is C46H51FO11S. The number of halogens is 1. The van der Waals surface area contributed by atoms with Crippen LogP contribution in [0.1, 0.15) is 82.6 Å². The maximum Gasteiger partial charge on any atom is 0.513 e. The van der Waals surface area contributed by atoms with Gasteiger partial charge in [-0.15, -0.1) is 0 Å². The van der Waals surface area contributed by atoms with Gasteiger partial charge in [0.05, 0.1) is 32.8 Å². The minimum atomic E-state index is -1.16. The van der Waals surface area contributed by atoms with Crippen molar-refractivity contribution in [1.29, 1.82) is 0 Å². The number of carbonyl (C=O) groups is 5. The van der Waals surface area contributed by atoms with Gasteiger partial charge in [-0.3, -0.25) is 9.59 Å². The molecule has 0 radical (unpaired) electrons. The van der Waals surface area contributed by atoms with Crippen LogP contribution in [0.15, 0.2) is 108 Å². The number of ether oxygens (including phenoxy) is 6. The summed E-state index contributed by atoms with van der Waals surface area (Å²) in [5.74, 6) is -2.21. The highest BCUT2D eigenvalue weighted by molar-refractivity contribution is 8.14. The first kappa shape index (κ1) is 46.0. The topological polar surface area (TPSA) is 141 Å². The molecule has 1 fully saturated rings. The molecule has 0 heterocycles. The van der Waals surface area contributed by atoms with E-state index in [0.717, 1.165) is 84.0 Å². The Morgan fingerprint density at radius 3 is 1.86 bits per heavy atom. The standard InChI is InChI=1S/C46H51FO11S/c1-33(32-42(48)57-39-12-6-5-7-13-39)44(50)54-29-9-4-3-8-28-53-38-21-14-35(15-22-38)16-27-43(49)59-41-25-19-37(20-26-41)36-17-23-40(24-18-36)58-46(52)56-31-11-10-30-55-45(51)34(2)47/h14-27,39H,1-13,28-32H2/b27-16+. The SMILES string of the molecule is C=C(F)C(=O)OCCCCOC(=O)Oc1ccc(-c2ccc(SC(=O)/C=C/c3ccc(OCCCCCCOC(=O)C(=C)CC(=O)OC4CCCCC4)cc3)cc2)cc1. The molecule has 0 N–H and O–H groups in total. The van der Waals surface area contributed by atoms with Gasteiger partial charge >= 0.3 is 24.1 Å². The quantitative estimate of drug-likeness (QED) is 0.0224. The number of esters is 3. The van der Waals surface area contributed by atoms with Gasteiger partial charge in [0.25, 0.3) is 0 Å². The molecule has 1 aliphatic rings. The molecule has 0 aromatic heterocycles. The molecule has 59 heavy (non-hydrogen) atoms. The van der Waals surface area contributed by atoms with Gasteiger partial charge in [-0.1, -0.05) is 62.1 Å². The summed E-state index contributed by atoms with van der Waals surface area (Å²) in [7, 11) is 0. The fourth-order valence-corrected chi connectivity index (χ4v) is 6.46. The van der Waals surface area contributed by atoms with Crippen molar-refractivity contribution < 1.29 is 56.8 Å². The zero-order valence-electron chi connectivity index (χ0n) is 33.2. The normalized spacial score (nSPS) is 12.6. The van der Waals surface area contributed by atoms with E-state index in [0.29, 0.717) is 31.6 Å². The van der Waals surface area contributed by atoms with Crippen LogP contribution in [0.5, 0.6) is 11.5 Å². The lowest BCUT2D eigenvalue weighted by Crippen LogP contribution is -2.22. The molecule has 0 atom stereocenters. The summed E-state index contributed by atoms with van der Waals surface area (Å²) in [5, 5.41) is -0.118. The van der Waals surface area contributed by atoms with Gasteiger partial charge in [-0.2, -0.15) is 4.39 Å². The van der Waals surface area contributed by atoms with Crippen LogP contribution in [0.25, 0.3) is 17.2 Å². The zero-order valence-corrected chi connectivity index (χ0v) is 34.0. The second kappa shape index (κ2) is 25.6. The summed E-state index contributed by atoms with van der Waals surface area (Å²) in [6.07, 6.45) is 11.4. The number of thioether (sulfide) groups is 1. The lowest BCUT2D eigenvalue weighted by Gasteiger charge is -2.21. The summed E-state index contributed by atoms with van der Waals surface area (Å²) in [6, 6.07) is 21.9. The van der Waals surface area contributed by atoms with Crippen LogP contribution in [0.3, 0.4) is 0 Å². The highest BCUT2D eigenvalue weighted by atomic mass is 32.2. The third-order valence-electron chi connectivity index (χ3n) is 9.00. The first-order chi connectivity index (χ1) is 28.5. The third-order valence-corrected chi connectivity index (χ3v) is 9.85. The van der Waals surface area contributed by atoms with Gasteiger partial charge in [0.1, 0.15) is 17.6 Å². The van der Waals surface area contributed by atoms with E-state index in [4.69, 9.17) is 23.7 Å². The zero-order chi connectivity index (χ0) is 42.2. The van der Waals surface area contributed by atoms with Crippen LogP contribution in [0, 0.1) is 0 Å². The number of hydrogen-bond donors (Lipinski definition) is 0. The van der Waals surface area contributed by atoms with Crippen molar-refractivity contribution in [3.63, 3.8) is 0 Å². The van der Waals surface area contributed by atoms with Gasteiger partial charge in [0.2, 0.25) is 10.9 Å². The smallest absolute Gasteiger partial charge is 0.494 e. The van der Waals surface area contributed by atoms with Crippen LogP contribution < -0.4 is 9.47 Å². The van der Waals surface area contributed by atoms with Crippen LogP contribution in [0.2, 0.25) is 0 Å². The van der Waals surface area contributed by atoms with Gasteiger partial charge < -0.3 is 28.4 Å². The number of carbonyl (C=O) groups excluding carboxylic acids is 5. The molecule has 13 heteroatoms. The lowest BCUT2D eigenvalue weighted by atomic mass is 9.98. The summed E-state index contributed by atoms with van der Waals surface area (Å²) in [6.45, 7) is 7.40. The minimum absolute atomic E-state index is 0.0145. The fourth-order valence-electron chi connectivity index (χ4n) is 5.82. The molecule has 3 aromatic rings. The summed E-state index contributed by atoms with van der Waals surface area (Å²) in [4.78, 5) is 60.6. The molecule has 0 amide bonds. The first-order valence-electron chi connectivity index (χ1n) is 19.8. The van der Waals surface area contributed by atoms with Crippen molar-refractivity contribution in [2.24, 2.45) is 0 Å². The second-order valence-corrected chi connectivity index (χ2v) is 14.8. The lowest BCUT2D eigenvalue weighted by molar-refractivity contribution is -0.151. The molecule has 1 saturated carbocycles. The Labute approximate surface area is 348 Å². The Kier molecular flexibility index (Phi) is 20.0. The largest absolute Gasteiger partial charge is 0.513 e. The average molecular weight is 831 g/mol. The molecule has 314 valence electrons. The van der Waals surface area contributed by atoms with E-state index in [1.54, 1.807) is 30.3 Å². The molecule has 11 nitrogen and oxygen atoms in total. The van der Waals surface area contributed by atoms with Crippen molar-refractivity contribution in [1.82, 2.24) is 0 Å². The van der Waals surface area contributed by atoms with E-state index in [1.165, 1.54) is 12.5 Å².